The Morgan fingerprint density at radius 2 is 1.00 bits per heavy atom. The maximum Gasteiger partial charge on any atom is 0.244 e. The van der Waals surface area contributed by atoms with Gasteiger partial charge in [-0.2, -0.15) is 0 Å². The van der Waals surface area contributed by atoms with Crippen molar-refractivity contribution in [3.8, 4) is 0 Å². The van der Waals surface area contributed by atoms with E-state index >= 15 is 0 Å². The van der Waals surface area contributed by atoms with E-state index in [9.17, 15) is 0 Å². The second-order valence-corrected chi connectivity index (χ2v) is 11.3. The molecule has 122 valence electrons. The molecule has 0 heterocycles. The molecule has 0 aliphatic rings. The van der Waals surface area contributed by atoms with E-state index in [1.165, 1.54) is 0 Å². The molecule has 0 N–H and O–H groups in total. The SMILES string of the molecule is CCN(C)[SiH2]OC([SiH3])(O[SiH2]N(C)CC)O[SiH2]N(C)CC. The van der Waals surface area contributed by atoms with Crippen molar-refractivity contribution in [3.05, 3.63) is 0 Å². The van der Waals surface area contributed by atoms with Gasteiger partial charge in [-0.15, -0.1) is 0 Å². The molecule has 6 nitrogen and oxygen atoms in total. The topological polar surface area (TPSA) is 37.4 Å². The Balaban J connectivity index is 4.40. The monoisotopic (exact) mass is 355 g/mol. The Hall–Kier alpha value is 0.628. The van der Waals surface area contributed by atoms with E-state index < -0.39 is 35.4 Å². The first-order valence-corrected chi connectivity index (χ1v) is 12.0. The molecule has 0 rings (SSSR count). The van der Waals surface area contributed by atoms with E-state index in [4.69, 9.17) is 13.3 Å². The van der Waals surface area contributed by atoms with Gasteiger partial charge in [-0.05, 0) is 40.8 Å². The minimum atomic E-state index is -0.745. The Kier molecular flexibility index (Phi) is 11.6. The summed E-state index contributed by atoms with van der Waals surface area (Å²) in [5.74, 6) is 0. The molecule has 0 atom stereocenters. The van der Waals surface area contributed by atoms with E-state index in [2.05, 4.69) is 55.6 Å². The third-order valence-corrected chi connectivity index (χ3v) is 10.5. The fourth-order valence-electron chi connectivity index (χ4n) is 1.08. The zero-order valence-corrected chi connectivity index (χ0v) is 20.6. The summed E-state index contributed by atoms with van der Waals surface area (Å²) in [5.41, 5.74) is -0.707. The van der Waals surface area contributed by atoms with Crippen LogP contribution in [-0.4, -0.2) is 100 Å². The maximum atomic E-state index is 6.07. The molecule has 0 saturated carbocycles. The summed E-state index contributed by atoms with van der Waals surface area (Å²) in [6.07, 6.45) is 0. The van der Waals surface area contributed by atoms with E-state index in [1.807, 2.05) is 0 Å². The molecule has 0 aromatic carbocycles. The van der Waals surface area contributed by atoms with Crippen LogP contribution in [0.4, 0.5) is 0 Å². The largest absolute Gasteiger partial charge is 0.366 e. The number of rotatable bonds is 12. The van der Waals surface area contributed by atoms with Crippen molar-refractivity contribution in [2.75, 3.05) is 40.8 Å². The van der Waals surface area contributed by atoms with Crippen molar-refractivity contribution in [2.45, 2.75) is 26.4 Å². The first-order valence-electron chi connectivity index (χ1n) is 7.34. The van der Waals surface area contributed by atoms with Crippen LogP contribution in [0, 0.1) is 0 Å². The van der Waals surface area contributed by atoms with Crippen molar-refractivity contribution in [1.29, 1.82) is 0 Å². The normalized spacial score (nSPS) is 17.2. The third kappa shape index (κ3) is 9.54. The van der Waals surface area contributed by atoms with Gasteiger partial charge < -0.3 is 27.0 Å². The van der Waals surface area contributed by atoms with Gasteiger partial charge in [0.1, 0.15) is 10.2 Å². The first-order chi connectivity index (χ1) is 9.36. The summed E-state index contributed by atoms with van der Waals surface area (Å²) in [7, 11) is 4.80. The molecule has 0 bridgehead atoms. The van der Waals surface area contributed by atoms with Crippen LogP contribution in [0.2, 0.25) is 0 Å². The molecule has 20 heavy (non-hydrogen) atoms. The van der Waals surface area contributed by atoms with E-state index in [-0.39, 0.29) is 0 Å². The Bertz CT molecular complexity index is 218. The van der Waals surface area contributed by atoms with Crippen LogP contribution >= 0.6 is 0 Å². The summed E-state index contributed by atoms with van der Waals surface area (Å²) in [6, 6.07) is 0. The summed E-state index contributed by atoms with van der Waals surface area (Å²) < 4.78 is 24.9. The molecule has 0 unspecified atom stereocenters. The first kappa shape index (κ1) is 20.6. The maximum absolute atomic E-state index is 6.07. The fraction of sp³-hybridized carbons (Fsp3) is 1.00. The molecule has 0 aromatic rings. The van der Waals surface area contributed by atoms with Gasteiger partial charge in [-0.3, -0.25) is 0 Å². The highest BCUT2D eigenvalue weighted by Crippen LogP contribution is 2.10. The highest BCUT2D eigenvalue weighted by atomic mass is 28.2. The zero-order valence-electron chi connectivity index (χ0n) is 14.3. The lowest BCUT2D eigenvalue weighted by Gasteiger charge is -2.35. The van der Waals surface area contributed by atoms with Gasteiger partial charge in [-0.1, -0.05) is 20.8 Å². The average molecular weight is 356 g/mol. The van der Waals surface area contributed by atoms with Gasteiger partial charge in [0.2, 0.25) is 35.4 Å². The van der Waals surface area contributed by atoms with Crippen LogP contribution in [0.1, 0.15) is 20.8 Å². The lowest BCUT2D eigenvalue weighted by molar-refractivity contribution is -0.194. The predicted octanol–water partition coefficient (Wildman–Crippen LogP) is -3.14. The minimum Gasteiger partial charge on any atom is -0.366 e. The van der Waals surface area contributed by atoms with Crippen molar-refractivity contribution < 1.29 is 13.3 Å². The molecular formula is C10H33N3O3Si4. The fourth-order valence-corrected chi connectivity index (χ4v) is 5.16. The van der Waals surface area contributed by atoms with Crippen LogP contribution in [0.3, 0.4) is 0 Å². The van der Waals surface area contributed by atoms with Crippen LogP contribution in [0.5, 0.6) is 0 Å². The molecule has 0 aliphatic heterocycles. The standard InChI is InChI=1S/C10H33N3O3Si4/c1-7-11(4)18-14-10(17,15-19-12(5)8-2)16-20-13(6)9-3/h7-9,18-20H2,1-6,17H3. The van der Waals surface area contributed by atoms with Crippen molar-refractivity contribution in [3.63, 3.8) is 0 Å². The molecule has 0 aliphatic carbocycles. The van der Waals surface area contributed by atoms with Crippen molar-refractivity contribution >= 4 is 40.0 Å². The van der Waals surface area contributed by atoms with Gasteiger partial charge in [-0.25, -0.2) is 0 Å². The van der Waals surface area contributed by atoms with E-state index in [1.54, 1.807) is 0 Å². The van der Waals surface area contributed by atoms with Crippen LogP contribution in [-0.2, 0) is 13.3 Å². The second kappa shape index (κ2) is 11.2. The smallest absolute Gasteiger partial charge is 0.244 e. The van der Waals surface area contributed by atoms with Gasteiger partial charge in [0, 0.05) is 0 Å². The van der Waals surface area contributed by atoms with Crippen LogP contribution in [0.25, 0.3) is 0 Å². The molecule has 0 spiro atoms. The molecule has 0 saturated heterocycles. The third-order valence-electron chi connectivity index (χ3n) is 3.26. The van der Waals surface area contributed by atoms with E-state index in [0.29, 0.717) is 0 Å². The lowest BCUT2D eigenvalue weighted by Crippen LogP contribution is -2.49. The molecular weight excluding hydrogens is 322 g/mol. The Morgan fingerprint density at radius 3 is 1.20 bits per heavy atom. The zero-order chi connectivity index (χ0) is 15.6. The van der Waals surface area contributed by atoms with Gasteiger partial charge >= 0.3 is 0 Å². The van der Waals surface area contributed by atoms with Crippen molar-refractivity contribution in [2.24, 2.45) is 0 Å². The molecule has 10 heteroatoms. The molecule has 0 amide bonds. The second-order valence-electron chi connectivity index (χ2n) is 5.20. The number of hydrogen-bond donors (Lipinski definition) is 0. The van der Waals surface area contributed by atoms with Crippen molar-refractivity contribution in [1.82, 2.24) is 13.7 Å². The quantitative estimate of drug-likeness (QED) is 0.272. The summed E-state index contributed by atoms with van der Waals surface area (Å²) >= 11 is 0. The van der Waals surface area contributed by atoms with E-state index in [0.717, 1.165) is 29.9 Å². The Labute approximate surface area is 134 Å². The van der Waals surface area contributed by atoms with Gasteiger partial charge in [0.25, 0.3) is 0 Å². The number of nitrogens with zero attached hydrogens (tertiary/aromatic N) is 3. The summed E-state index contributed by atoms with van der Waals surface area (Å²) in [5, 5.41) is 0. The highest BCUT2D eigenvalue weighted by molar-refractivity contribution is 6.31. The molecule has 0 radical (unpaired) electrons. The predicted molar refractivity (Wildman–Crippen MR) is 96.5 cm³/mol. The average Bonchev–Trinajstić information content (AvgIpc) is 2.47. The van der Waals surface area contributed by atoms with Crippen LogP contribution in [0.15, 0.2) is 0 Å². The summed E-state index contributed by atoms with van der Waals surface area (Å²) in [6.45, 7) is 9.48. The van der Waals surface area contributed by atoms with Gasteiger partial charge in [0.15, 0.2) is 0 Å². The molecule has 0 aromatic heterocycles. The molecule has 0 fully saturated rings. The lowest BCUT2D eigenvalue weighted by atomic mass is 10.8. The highest BCUT2D eigenvalue weighted by Gasteiger charge is 2.27. The Morgan fingerprint density at radius 1 is 0.750 bits per heavy atom. The minimum absolute atomic E-state index is 0.707. The van der Waals surface area contributed by atoms with Crippen LogP contribution < -0.4 is 0 Å². The number of hydrogen-bond acceptors (Lipinski definition) is 6. The summed E-state index contributed by atoms with van der Waals surface area (Å²) in [4.78, 5) is 0. The van der Waals surface area contributed by atoms with Gasteiger partial charge in [0.05, 0.1) is 0 Å².